The van der Waals surface area contributed by atoms with Crippen LogP contribution in [0.25, 0.3) is 0 Å². The third-order valence-corrected chi connectivity index (χ3v) is 6.88. The molecule has 2 nitrogen and oxygen atoms in total. The summed E-state index contributed by atoms with van der Waals surface area (Å²) in [7, 11) is 0. The van der Waals surface area contributed by atoms with Gasteiger partial charge in [-0.15, -0.1) is 0 Å². The summed E-state index contributed by atoms with van der Waals surface area (Å²) in [5.74, 6) is 0.476. The van der Waals surface area contributed by atoms with Crippen molar-refractivity contribution in [1.82, 2.24) is 0 Å². The lowest BCUT2D eigenvalue weighted by atomic mass is 9.46. The molecule has 7 aliphatic rings. The number of ether oxygens (including phenoxy) is 1. The minimum Gasteiger partial charge on any atom is -0.379 e. The average Bonchev–Trinajstić information content (AvgIpc) is 2.92. The molecule has 0 amide bonds. The highest BCUT2D eigenvalue weighted by Gasteiger charge is 2.64. The van der Waals surface area contributed by atoms with Gasteiger partial charge in [0.25, 0.3) is 0 Å². The van der Waals surface area contributed by atoms with Gasteiger partial charge in [0.05, 0.1) is 18.6 Å². The molecule has 2 spiro atoms. The molecule has 2 atom stereocenters. The molecule has 0 aromatic heterocycles. The lowest BCUT2D eigenvalue weighted by molar-refractivity contribution is -0.125. The predicted molar refractivity (Wildman–Crippen MR) is 91.0 cm³/mol. The summed E-state index contributed by atoms with van der Waals surface area (Å²) in [6.45, 7) is 1.30. The van der Waals surface area contributed by atoms with Gasteiger partial charge in [-0.25, -0.2) is 0 Å². The van der Waals surface area contributed by atoms with E-state index in [1.807, 2.05) is 0 Å². The number of hydrogen-bond acceptors (Lipinski definition) is 2. The Bertz CT molecular complexity index is 878. The molecule has 2 aromatic carbocycles. The van der Waals surface area contributed by atoms with Crippen molar-refractivity contribution >= 4 is 5.78 Å². The van der Waals surface area contributed by atoms with Gasteiger partial charge in [-0.05, 0) is 22.3 Å². The number of carbonyl (C=O) groups is 1. The number of carbonyl (C=O) groups excluding carboxylic acids is 1. The Hall–Kier alpha value is -2.19. The van der Waals surface area contributed by atoms with E-state index in [2.05, 4.69) is 60.7 Å². The Morgan fingerprint density at radius 1 is 0.917 bits per heavy atom. The maximum Gasteiger partial charge on any atom is 0.141 e. The highest BCUT2D eigenvalue weighted by Crippen LogP contribution is 2.65. The average molecular weight is 314 g/mol. The van der Waals surface area contributed by atoms with E-state index in [4.69, 9.17) is 4.74 Å². The third-order valence-electron chi connectivity index (χ3n) is 6.88. The molecule has 1 saturated heterocycles. The summed E-state index contributed by atoms with van der Waals surface area (Å²) in [4.78, 5) is 13.1. The van der Waals surface area contributed by atoms with Gasteiger partial charge in [-0.1, -0.05) is 60.7 Å². The van der Waals surface area contributed by atoms with E-state index in [0.29, 0.717) is 25.4 Å². The van der Waals surface area contributed by atoms with Crippen molar-refractivity contribution in [1.29, 1.82) is 0 Å². The van der Waals surface area contributed by atoms with Crippen LogP contribution >= 0.6 is 0 Å². The van der Waals surface area contributed by atoms with Crippen LogP contribution < -0.4 is 0 Å². The van der Waals surface area contributed by atoms with E-state index in [-0.39, 0.29) is 22.7 Å². The molecule has 6 aliphatic carbocycles. The van der Waals surface area contributed by atoms with Crippen LogP contribution in [0.5, 0.6) is 0 Å². The van der Waals surface area contributed by atoms with Crippen molar-refractivity contribution in [3.63, 3.8) is 0 Å². The fraction of sp³-hybridized carbons (Fsp3) is 0.318. The molecule has 9 rings (SSSR count). The summed E-state index contributed by atoms with van der Waals surface area (Å²) in [6, 6.07) is 17.5. The summed E-state index contributed by atoms with van der Waals surface area (Å²) >= 11 is 0. The van der Waals surface area contributed by atoms with E-state index in [0.717, 1.165) is 0 Å². The molecule has 118 valence electrons. The second-order valence-electron chi connectivity index (χ2n) is 7.73. The Morgan fingerprint density at radius 2 is 1.58 bits per heavy atom. The number of allylic oxidation sites excluding steroid dienone is 1. The number of hydrogen-bond donors (Lipinski definition) is 0. The van der Waals surface area contributed by atoms with Crippen molar-refractivity contribution in [3.8, 4) is 0 Å². The second kappa shape index (κ2) is 4.07. The number of Topliss-reactive ketones (excluding diaryl/α,β-unsaturated/α-hetero) is 1. The molecule has 2 aromatic rings. The Morgan fingerprint density at radius 3 is 2.25 bits per heavy atom. The normalized spacial score (nSPS) is 37.6. The smallest absolute Gasteiger partial charge is 0.141 e. The fourth-order valence-electron chi connectivity index (χ4n) is 5.93. The van der Waals surface area contributed by atoms with Crippen LogP contribution in [0.3, 0.4) is 0 Å². The van der Waals surface area contributed by atoms with Gasteiger partial charge in [-0.3, -0.25) is 4.79 Å². The number of benzene rings is 2. The van der Waals surface area contributed by atoms with E-state index in [9.17, 15) is 4.79 Å². The quantitative estimate of drug-likeness (QED) is 0.695. The SMILES string of the molecule is O=C1CC23C=CC1C1c4ccccc4C2(COC3)c2ccccc21. The zero-order chi connectivity index (χ0) is 15.9. The van der Waals surface area contributed by atoms with Crippen LogP contribution in [0.2, 0.25) is 0 Å². The van der Waals surface area contributed by atoms with Gasteiger partial charge >= 0.3 is 0 Å². The van der Waals surface area contributed by atoms with E-state index in [1.54, 1.807) is 0 Å². The Balaban J connectivity index is 1.85. The Kier molecular flexibility index (Phi) is 2.23. The topological polar surface area (TPSA) is 26.3 Å². The van der Waals surface area contributed by atoms with Crippen LogP contribution in [-0.2, 0) is 14.9 Å². The predicted octanol–water partition coefficient (Wildman–Crippen LogP) is 3.59. The van der Waals surface area contributed by atoms with E-state index >= 15 is 0 Å². The zero-order valence-electron chi connectivity index (χ0n) is 13.4. The van der Waals surface area contributed by atoms with Gasteiger partial charge in [-0.2, -0.15) is 0 Å². The number of ketones is 1. The van der Waals surface area contributed by atoms with Crippen molar-refractivity contribution in [2.75, 3.05) is 13.2 Å². The second-order valence-corrected chi connectivity index (χ2v) is 7.73. The van der Waals surface area contributed by atoms with Crippen LogP contribution in [0.15, 0.2) is 60.7 Å². The minimum absolute atomic E-state index is 0.0446. The Labute approximate surface area is 141 Å². The van der Waals surface area contributed by atoms with Gasteiger partial charge in [0.15, 0.2) is 0 Å². The summed E-state index contributed by atoms with van der Waals surface area (Å²) in [6.07, 6.45) is 5.12. The molecular weight excluding hydrogens is 296 g/mol. The summed E-state index contributed by atoms with van der Waals surface area (Å²) in [5, 5.41) is 0. The maximum absolute atomic E-state index is 13.1. The molecule has 4 bridgehead atoms. The van der Waals surface area contributed by atoms with Crippen LogP contribution in [0.4, 0.5) is 0 Å². The largest absolute Gasteiger partial charge is 0.379 e. The van der Waals surface area contributed by atoms with Crippen LogP contribution in [0.1, 0.15) is 34.6 Å². The van der Waals surface area contributed by atoms with Crippen molar-refractivity contribution in [2.45, 2.75) is 17.8 Å². The molecule has 0 saturated carbocycles. The lowest BCUT2D eigenvalue weighted by Crippen LogP contribution is -2.54. The summed E-state index contributed by atoms with van der Waals surface area (Å²) in [5.41, 5.74) is 4.95. The summed E-state index contributed by atoms with van der Waals surface area (Å²) < 4.78 is 6.10. The van der Waals surface area contributed by atoms with Gasteiger partial charge in [0.1, 0.15) is 5.78 Å². The molecule has 24 heavy (non-hydrogen) atoms. The third kappa shape index (κ3) is 1.22. The van der Waals surface area contributed by atoms with Gasteiger partial charge < -0.3 is 4.74 Å². The monoisotopic (exact) mass is 314 g/mol. The number of rotatable bonds is 0. The molecule has 2 heteroatoms. The molecular formula is C22H18O2. The van der Waals surface area contributed by atoms with E-state index < -0.39 is 0 Å². The first-order valence-corrected chi connectivity index (χ1v) is 8.76. The van der Waals surface area contributed by atoms with Crippen molar-refractivity contribution in [3.05, 3.63) is 82.9 Å². The highest BCUT2D eigenvalue weighted by molar-refractivity contribution is 5.89. The van der Waals surface area contributed by atoms with Crippen LogP contribution in [-0.4, -0.2) is 19.0 Å². The standard InChI is InChI=1S/C22H18O2/c23-19-11-21-10-9-16(19)20-14-5-1-3-7-17(14)22(21,13-24-12-21)18-8-4-2-6-15(18)20/h1-10,16,20H,11-13H2. The zero-order valence-corrected chi connectivity index (χ0v) is 13.4. The lowest BCUT2D eigenvalue weighted by Gasteiger charge is -2.54. The molecule has 0 N–H and O–H groups in total. The van der Waals surface area contributed by atoms with Crippen molar-refractivity contribution < 1.29 is 9.53 Å². The van der Waals surface area contributed by atoms with Gasteiger partial charge in [0, 0.05) is 23.7 Å². The minimum atomic E-state index is -0.238. The maximum atomic E-state index is 13.1. The van der Waals surface area contributed by atoms with Crippen LogP contribution in [0, 0.1) is 11.3 Å². The highest BCUT2D eigenvalue weighted by atomic mass is 16.5. The molecule has 0 radical (unpaired) electrons. The molecule has 2 unspecified atom stereocenters. The molecule has 1 heterocycles. The first kappa shape index (κ1) is 13.1. The first-order valence-electron chi connectivity index (χ1n) is 8.76. The molecule has 1 aliphatic heterocycles. The first-order chi connectivity index (χ1) is 11.8. The van der Waals surface area contributed by atoms with E-state index in [1.165, 1.54) is 22.3 Å². The van der Waals surface area contributed by atoms with Gasteiger partial charge in [0.2, 0.25) is 0 Å². The van der Waals surface area contributed by atoms with Crippen molar-refractivity contribution in [2.24, 2.45) is 11.3 Å². The molecule has 1 fully saturated rings. The fourth-order valence-corrected chi connectivity index (χ4v) is 5.93.